The SMILES string of the molecule is CCOCC1CCN(C(=O)C2CSCN2C(=O)c2ccc(Cl)cc2)CC1. The van der Waals surface area contributed by atoms with Crippen molar-refractivity contribution in [2.24, 2.45) is 5.92 Å². The second-order valence-electron chi connectivity index (χ2n) is 6.73. The molecule has 0 spiro atoms. The molecule has 142 valence electrons. The lowest BCUT2D eigenvalue weighted by Gasteiger charge is -2.35. The first-order valence-electron chi connectivity index (χ1n) is 9.11. The Bertz CT molecular complexity index is 632. The fourth-order valence-corrected chi connectivity index (χ4v) is 4.69. The molecule has 1 aromatic carbocycles. The first-order valence-corrected chi connectivity index (χ1v) is 10.6. The maximum absolute atomic E-state index is 13.0. The molecule has 2 heterocycles. The average Bonchev–Trinajstić information content (AvgIpc) is 3.16. The molecule has 0 N–H and O–H groups in total. The summed E-state index contributed by atoms with van der Waals surface area (Å²) in [6, 6.07) is 6.48. The Labute approximate surface area is 164 Å². The number of likely N-dealkylation sites (tertiary alicyclic amines) is 1. The zero-order valence-corrected chi connectivity index (χ0v) is 16.6. The van der Waals surface area contributed by atoms with Crippen molar-refractivity contribution in [2.45, 2.75) is 25.8 Å². The molecule has 2 fully saturated rings. The van der Waals surface area contributed by atoms with E-state index in [-0.39, 0.29) is 17.9 Å². The molecule has 0 bridgehead atoms. The number of rotatable bonds is 5. The Balaban J connectivity index is 1.60. The van der Waals surface area contributed by atoms with Crippen LogP contribution in [-0.2, 0) is 9.53 Å². The normalized spacial score (nSPS) is 21.2. The maximum atomic E-state index is 13.0. The van der Waals surface area contributed by atoms with Crippen LogP contribution in [0.5, 0.6) is 0 Å². The van der Waals surface area contributed by atoms with Crippen LogP contribution in [0.15, 0.2) is 24.3 Å². The Hall–Kier alpha value is -1.24. The van der Waals surface area contributed by atoms with Crippen LogP contribution < -0.4 is 0 Å². The molecule has 1 atom stereocenters. The van der Waals surface area contributed by atoms with E-state index in [0.29, 0.717) is 28.1 Å². The highest BCUT2D eigenvalue weighted by Gasteiger charge is 2.38. The summed E-state index contributed by atoms with van der Waals surface area (Å²) >= 11 is 7.53. The van der Waals surface area contributed by atoms with Crippen LogP contribution in [0.25, 0.3) is 0 Å². The molecule has 7 heteroatoms. The number of nitrogens with zero attached hydrogens (tertiary/aromatic N) is 2. The maximum Gasteiger partial charge on any atom is 0.255 e. The van der Waals surface area contributed by atoms with Crippen molar-refractivity contribution in [1.29, 1.82) is 0 Å². The number of hydrogen-bond donors (Lipinski definition) is 0. The fraction of sp³-hybridized carbons (Fsp3) is 0.579. The van der Waals surface area contributed by atoms with Crippen molar-refractivity contribution >= 4 is 35.2 Å². The predicted octanol–water partition coefficient (Wildman–Crippen LogP) is 3.13. The third kappa shape index (κ3) is 4.53. The van der Waals surface area contributed by atoms with Crippen molar-refractivity contribution in [3.8, 4) is 0 Å². The van der Waals surface area contributed by atoms with Gasteiger partial charge in [0, 0.05) is 42.6 Å². The van der Waals surface area contributed by atoms with Gasteiger partial charge >= 0.3 is 0 Å². The van der Waals surface area contributed by atoms with E-state index in [9.17, 15) is 9.59 Å². The molecule has 5 nitrogen and oxygen atoms in total. The minimum Gasteiger partial charge on any atom is -0.381 e. The zero-order valence-electron chi connectivity index (χ0n) is 15.0. The third-order valence-corrected chi connectivity index (χ3v) is 6.27. The van der Waals surface area contributed by atoms with Crippen LogP contribution >= 0.6 is 23.4 Å². The van der Waals surface area contributed by atoms with Gasteiger partial charge in [-0.1, -0.05) is 11.6 Å². The van der Waals surface area contributed by atoms with Crippen molar-refractivity contribution in [2.75, 3.05) is 37.9 Å². The third-order valence-electron chi connectivity index (χ3n) is 5.00. The zero-order chi connectivity index (χ0) is 18.5. The van der Waals surface area contributed by atoms with Gasteiger partial charge in [0.1, 0.15) is 6.04 Å². The molecule has 2 saturated heterocycles. The highest BCUT2D eigenvalue weighted by atomic mass is 35.5. The minimum absolute atomic E-state index is 0.0761. The smallest absolute Gasteiger partial charge is 0.255 e. The van der Waals surface area contributed by atoms with E-state index in [0.717, 1.165) is 39.1 Å². The minimum atomic E-state index is -0.369. The molecule has 0 aliphatic carbocycles. The molecule has 0 aromatic heterocycles. The number of halogens is 1. The summed E-state index contributed by atoms with van der Waals surface area (Å²) < 4.78 is 5.51. The number of hydrogen-bond acceptors (Lipinski definition) is 4. The van der Waals surface area contributed by atoms with Gasteiger partial charge in [-0.05, 0) is 49.9 Å². The van der Waals surface area contributed by atoms with Crippen LogP contribution in [0.4, 0.5) is 0 Å². The number of piperidine rings is 1. The van der Waals surface area contributed by atoms with Crippen LogP contribution in [0, 0.1) is 5.92 Å². The van der Waals surface area contributed by atoms with E-state index in [1.807, 2.05) is 11.8 Å². The Kier molecular flexibility index (Phi) is 6.84. The van der Waals surface area contributed by atoms with Gasteiger partial charge in [-0.3, -0.25) is 9.59 Å². The molecule has 1 unspecified atom stereocenters. The summed E-state index contributed by atoms with van der Waals surface area (Å²) in [6.45, 7) is 5.02. The number of amides is 2. The first-order chi connectivity index (χ1) is 12.6. The molecule has 2 aliphatic heterocycles. The summed E-state index contributed by atoms with van der Waals surface area (Å²) in [7, 11) is 0. The topological polar surface area (TPSA) is 49.9 Å². The van der Waals surface area contributed by atoms with Crippen LogP contribution in [0.1, 0.15) is 30.1 Å². The molecular formula is C19H25ClN2O3S. The van der Waals surface area contributed by atoms with E-state index in [1.165, 1.54) is 0 Å². The molecule has 2 aliphatic rings. The second kappa shape index (κ2) is 9.11. The molecule has 2 amide bonds. The number of benzene rings is 1. The van der Waals surface area contributed by atoms with Crippen molar-refractivity contribution < 1.29 is 14.3 Å². The van der Waals surface area contributed by atoms with E-state index < -0.39 is 0 Å². The first kappa shape index (κ1) is 19.5. The summed E-state index contributed by atoms with van der Waals surface area (Å²) in [4.78, 5) is 29.4. The second-order valence-corrected chi connectivity index (χ2v) is 8.16. The lowest BCUT2D eigenvalue weighted by molar-refractivity contribution is -0.136. The predicted molar refractivity (Wildman–Crippen MR) is 105 cm³/mol. The Morgan fingerprint density at radius 1 is 1.23 bits per heavy atom. The van der Waals surface area contributed by atoms with Crippen LogP contribution in [0.2, 0.25) is 5.02 Å². The molecule has 3 rings (SSSR count). The standard InChI is InChI=1S/C19H25ClN2O3S/c1-2-25-11-14-7-9-21(10-8-14)19(24)17-12-26-13-22(17)18(23)15-3-5-16(20)6-4-15/h3-6,14,17H,2,7-13H2,1H3. The number of thioether (sulfide) groups is 1. The highest BCUT2D eigenvalue weighted by molar-refractivity contribution is 7.99. The largest absolute Gasteiger partial charge is 0.381 e. The fourth-order valence-electron chi connectivity index (χ4n) is 3.42. The van der Waals surface area contributed by atoms with Crippen LogP contribution in [-0.4, -0.2) is 65.6 Å². The van der Waals surface area contributed by atoms with Gasteiger partial charge in [-0.2, -0.15) is 0 Å². The van der Waals surface area contributed by atoms with E-state index in [4.69, 9.17) is 16.3 Å². The van der Waals surface area contributed by atoms with Crippen LogP contribution in [0.3, 0.4) is 0 Å². The van der Waals surface area contributed by atoms with Gasteiger partial charge in [0.25, 0.3) is 5.91 Å². The molecular weight excluding hydrogens is 372 g/mol. The van der Waals surface area contributed by atoms with E-state index >= 15 is 0 Å². The number of carbonyl (C=O) groups is 2. The summed E-state index contributed by atoms with van der Waals surface area (Å²) in [5.74, 6) is 1.72. The van der Waals surface area contributed by atoms with Gasteiger partial charge in [0.2, 0.25) is 5.91 Å². The summed E-state index contributed by atoms with van der Waals surface area (Å²) in [5.41, 5.74) is 0.574. The summed E-state index contributed by atoms with van der Waals surface area (Å²) in [6.07, 6.45) is 1.94. The Morgan fingerprint density at radius 3 is 2.58 bits per heavy atom. The van der Waals surface area contributed by atoms with E-state index in [1.54, 1.807) is 40.9 Å². The van der Waals surface area contributed by atoms with Gasteiger partial charge in [0.15, 0.2) is 0 Å². The number of carbonyl (C=O) groups excluding carboxylic acids is 2. The summed E-state index contributed by atoms with van der Waals surface area (Å²) in [5, 5.41) is 0.597. The lowest BCUT2D eigenvalue weighted by atomic mass is 9.97. The van der Waals surface area contributed by atoms with Gasteiger partial charge in [-0.25, -0.2) is 0 Å². The van der Waals surface area contributed by atoms with E-state index in [2.05, 4.69) is 0 Å². The van der Waals surface area contributed by atoms with Gasteiger partial charge in [-0.15, -0.1) is 11.8 Å². The molecule has 0 saturated carbocycles. The molecule has 0 radical (unpaired) electrons. The monoisotopic (exact) mass is 396 g/mol. The van der Waals surface area contributed by atoms with Crippen molar-refractivity contribution in [3.05, 3.63) is 34.9 Å². The molecule has 1 aromatic rings. The van der Waals surface area contributed by atoms with Crippen molar-refractivity contribution in [1.82, 2.24) is 9.80 Å². The van der Waals surface area contributed by atoms with Gasteiger partial charge < -0.3 is 14.5 Å². The van der Waals surface area contributed by atoms with Gasteiger partial charge in [0.05, 0.1) is 5.88 Å². The highest BCUT2D eigenvalue weighted by Crippen LogP contribution is 2.27. The molecule has 26 heavy (non-hydrogen) atoms. The lowest BCUT2D eigenvalue weighted by Crippen LogP contribution is -2.51. The number of ether oxygens (including phenoxy) is 1. The Morgan fingerprint density at radius 2 is 1.92 bits per heavy atom. The quantitative estimate of drug-likeness (QED) is 0.767. The van der Waals surface area contributed by atoms with Crippen molar-refractivity contribution in [3.63, 3.8) is 0 Å². The average molecular weight is 397 g/mol.